The molecule has 3 aromatic heterocycles. The zero-order valence-corrected chi connectivity index (χ0v) is 17.8. The molecule has 1 amide bonds. The largest absolute Gasteiger partial charge is 0.433 e. The van der Waals surface area contributed by atoms with Crippen LogP contribution in [0.3, 0.4) is 0 Å². The van der Waals surface area contributed by atoms with Crippen LogP contribution in [0.4, 0.5) is 25.0 Å². The zero-order valence-electron chi connectivity index (χ0n) is 17.8. The van der Waals surface area contributed by atoms with Gasteiger partial charge in [0.1, 0.15) is 4.92 Å². The minimum atomic E-state index is -4.48. The first kappa shape index (κ1) is 22.3. The van der Waals surface area contributed by atoms with Crippen molar-refractivity contribution in [2.75, 3.05) is 31.1 Å². The maximum absolute atomic E-state index is 13.2. The molecule has 1 fully saturated rings. The Morgan fingerprint density at radius 3 is 2.54 bits per heavy atom. The summed E-state index contributed by atoms with van der Waals surface area (Å²) in [5, 5.41) is 15.2. The summed E-state index contributed by atoms with van der Waals surface area (Å²) < 4.78 is 45.8. The van der Waals surface area contributed by atoms with Crippen molar-refractivity contribution in [3.05, 3.63) is 70.1 Å². The number of carbonyl (C=O) groups is 1. The minimum absolute atomic E-state index is 0.120. The van der Waals surface area contributed by atoms with Crippen LogP contribution in [0.5, 0.6) is 0 Å². The quantitative estimate of drug-likeness (QED) is 0.318. The molecule has 1 aromatic carbocycles. The van der Waals surface area contributed by atoms with Crippen LogP contribution in [0.2, 0.25) is 0 Å². The lowest BCUT2D eigenvalue weighted by molar-refractivity contribution is -0.402. The fourth-order valence-corrected chi connectivity index (χ4v) is 3.80. The number of furan rings is 1. The van der Waals surface area contributed by atoms with Gasteiger partial charge in [0.15, 0.2) is 5.76 Å². The second-order valence-electron chi connectivity index (χ2n) is 7.71. The van der Waals surface area contributed by atoms with Crippen LogP contribution in [0.25, 0.3) is 17.0 Å². The van der Waals surface area contributed by atoms with Crippen molar-refractivity contribution in [3.63, 3.8) is 0 Å². The van der Waals surface area contributed by atoms with E-state index in [4.69, 9.17) is 4.42 Å². The van der Waals surface area contributed by atoms with Gasteiger partial charge in [-0.05, 0) is 24.3 Å². The van der Waals surface area contributed by atoms with Crippen LogP contribution in [-0.2, 0) is 6.18 Å². The van der Waals surface area contributed by atoms with Crippen LogP contribution >= 0.6 is 0 Å². The molecule has 0 radical (unpaired) electrons. The Morgan fingerprint density at radius 2 is 1.86 bits per heavy atom. The maximum Gasteiger partial charge on any atom is 0.433 e. The molecule has 0 aliphatic carbocycles. The van der Waals surface area contributed by atoms with Crippen molar-refractivity contribution in [2.24, 2.45) is 0 Å². The van der Waals surface area contributed by atoms with Crippen LogP contribution in [-0.4, -0.2) is 61.5 Å². The van der Waals surface area contributed by atoms with Gasteiger partial charge < -0.3 is 14.2 Å². The molecule has 4 heterocycles. The van der Waals surface area contributed by atoms with Crippen molar-refractivity contribution < 1.29 is 27.3 Å². The first-order chi connectivity index (χ1) is 16.7. The van der Waals surface area contributed by atoms with Crippen LogP contribution < -0.4 is 4.90 Å². The Bertz CT molecular complexity index is 1420. The number of rotatable bonds is 4. The van der Waals surface area contributed by atoms with E-state index < -0.39 is 28.5 Å². The van der Waals surface area contributed by atoms with Crippen molar-refractivity contribution in [1.82, 2.24) is 24.5 Å². The van der Waals surface area contributed by atoms with Gasteiger partial charge in [-0.15, -0.1) is 5.10 Å². The number of hydrogen-bond donors (Lipinski definition) is 0. The summed E-state index contributed by atoms with van der Waals surface area (Å²) in [6, 6.07) is 8.85. The number of alkyl halides is 3. The van der Waals surface area contributed by atoms with Gasteiger partial charge >= 0.3 is 12.1 Å². The Hall–Kier alpha value is -4.49. The zero-order chi connectivity index (χ0) is 24.7. The van der Waals surface area contributed by atoms with E-state index >= 15 is 0 Å². The second-order valence-corrected chi connectivity index (χ2v) is 7.71. The molecule has 14 heteroatoms. The number of fused-ring (bicyclic) bond motifs is 1. The van der Waals surface area contributed by atoms with Gasteiger partial charge in [0, 0.05) is 37.9 Å². The summed E-state index contributed by atoms with van der Waals surface area (Å²) in [5.74, 6) is -0.556. The summed E-state index contributed by atoms with van der Waals surface area (Å²) in [5.41, 5.74) is -0.0670. The molecule has 1 saturated heterocycles. The number of carbonyl (C=O) groups excluding carboxylic acids is 1. The summed E-state index contributed by atoms with van der Waals surface area (Å²) in [4.78, 5) is 34.5. The molecule has 5 rings (SSSR count). The number of piperazine rings is 1. The van der Waals surface area contributed by atoms with Gasteiger partial charge in [0.2, 0.25) is 5.95 Å². The predicted octanol–water partition coefficient (Wildman–Crippen LogP) is 3.27. The molecule has 0 saturated carbocycles. The fraction of sp³-hybridized carbons (Fsp3) is 0.238. The van der Waals surface area contributed by atoms with E-state index in [1.165, 1.54) is 27.7 Å². The Kier molecular flexibility index (Phi) is 5.34. The highest BCUT2D eigenvalue weighted by atomic mass is 19.4. The monoisotopic (exact) mass is 487 g/mol. The number of benzene rings is 1. The summed E-state index contributed by atoms with van der Waals surface area (Å²) >= 11 is 0. The molecule has 4 aromatic rings. The van der Waals surface area contributed by atoms with E-state index in [0.29, 0.717) is 30.3 Å². The first-order valence-electron chi connectivity index (χ1n) is 10.4. The summed E-state index contributed by atoms with van der Waals surface area (Å²) in [6.07, 6.45) is -3.03. The van der Waals surface area contributed by atoms with Gasteiger partial charge in [-0.3, -0.25) is 14.9 Å². The molecule has 0 N–H and O–H groups in total. The van der Waals surface area contributed by atoms with Crippen LogP contribution in [0.15, 0.2) is 53.1 Å². The smallest absolute Gasteiger partial charge is 0.395 e. The number of nitrogens with zero attached hydrogens (tertiary/aromatic N) is 7. The number of aromatic nitrogens is 4. The standard InChI is InChI=1S/C21H16F3N7O4/c22-21(23,24)14-3-1-2-13(12-14)15-6-7-25-19-26-20(27-30(15)19)29-10-8-28(9-11-29)18(32)16-4-5-17(35-16)31(33)34/h1-7,12H,8-11H2. The van der Waals surface area contributed by atoms with E-state index in [0.717, 1.165) is 18.2 Å². The highest BCUT2D eigenvalue weighted by Gasteiger charge is 2.31. The molecule has 11 nitrogen and oxygen atoms in total. The average Bonchev–Trinajstić information content (AvgIpc) is 3.51. The highest BCUT2D eigenvalue weighted by Crippen LogP contribution is 2.32. The molecule has 0 bridgehead atoms. The predicted molar refractivity (Wildman–Crippen MR) is 115 cm³/mol. The molecule has 0 spiro atoms. The Morgan fingerprint density at radius 1 is 1.09 bits per heavy atom. The molecule has 1 aliphatic heterocycles. The van der Waals surface area contributed by atoms with Gasteiger partial charge in [-0.25, -0.2) is 4.98 Å². The number of nitro groups is 1. The highest BCUT2D eigenvalue weighted by molar-refractivity contribution is 5.92. The summed E-state index contributed by atoms with van der Waals surface area (Å²) in [6.45, 7) is 1.31. The van der Waals surface area contributed by atoms with Crippen molar-refractivity contribution in [3.8, 4) is 11.3 Å². The van der Waals surface area contributed by atoms with E-state index in [2.05, 4.69) is 15.1 Å². The molecule has 0 atom stereocenters. The number of halogens is 3. The lowest BCUT2D eigenvalue weighted by atomic mass is 10.1. The molecule has 180 valence electrons. The molecule has 0 unspecified atom stereocenters. The topological polar surface area (TPSA) is 123 Å². The van der Waals surface area contributed by atoms with Crippen molar-refractivity contribution in [1.29, 1.82) is 0 Å². The Labute approximate surface area is 194 Å². The number of hydrogen-bond acceptors (Lipinski definition) is 8. The molecule has 35 heavy (non-hydrogen) atoms. The third-order valence-electron chi connectivity index (χ3n) is 5.55. The van der Waals surface area contributed by atoms with E-state index in [1.807, 2.05) is 4.90 Å². The van der Waals surface area contributed by atoms with Gasteiger partial charge in [0.05, 0.1) is 17.3 Å². The van der Waals surface area contributed by atoms with Crippen molar-refractivity contribution >= 4 is 23.5 Å². The van der Waals surface area contributed by atoms with Gasteiger partial charge in [-0.1, -0.05) is 12.1 Å². The Balaban J connectivity index is 1.35. The summed E-state index contributed by atoms with van der Waals surface area (Å²) in [7, 11) is 0. The lowest BCUT2D eigenvalue weighted by Crippen LogP contribution is -2.49. The van der Waals surface area contributed by atoms with Gasteiger partial charge in [0.25, 0.3) is 11.7 Å². The van der Waals surface area contributed by atoms with Crippen molar-refractivity contribution in [2.45, 2.75) is 6.18 Å². The van der Waals surface area contributed by atoms with Gasteiger partial charge in [-0.2, -0.15) is 22.7 Å². The van der Waals surface area contributed by atoms with E-state index in [9.17, 15) is 28.1 Å². The van der Waals surface area contributed by atoms with E-state index in [1.54, 1.807) is 12.1 Å². The third kappa shape index (κ3) is 4.25. The maximum atomic E-state index is 13.2. The van der Waals surface area contributed by atoms with Crippen LogP contribution in [0, 0.1) is 10.1 Å². The normalized spacial score (nSPS) is 14.5. The second kappa shape index (κ2) is 8.38. The SMILES string of the molecule is O=C(c1ccc([N+](=O)[O-])o1)N1CCN(c2nc3nccc(-c4cccc(C(F)(F)F)c4)n3n2)CC1. The van der Waals surface area contributed by atoms with E-state index in [-0.39, 0.29) is 24.6 Å². The lowest BCUT2D eigenvalue weighted by Gasteiger charge is -2.33. The third-order valence-corrected chi connectivity index (χ3v) is 5.55. The number of anilines is 1. The molecular weight excluding hydrogens is 471 g/mol. The van der Waals surface area contributed by atoms with Crippen LogP contribution in [0.1, 0.15) is 16.1 Å². The molecular formula is C21H16F3N7O4. The molecule has 1 aliphatic rings. The minimum Gasteiger partial charge on any atom is -0.395 e. The number of amides is 1. The fourth-order valence-electron chi connectivity index (χ4n) is 3.80. The first-order valence-corrected chi connectivity index (χ1v) is 10.4. The average molecular weight is 487 g/mol.